The number of alkyl halides is 1. The van der Waals surface area contributed by atoms with E-state index in [-0.39, 0.29) is 16.7 Å². The lowest BCUT2D eigenvalue weighted by Crippen LogP contribution is -2.23. The second-order valence-corrected chi connectivity index (χ2v) is 6.73. The molecule has 0 radical (unpaired) electrons. The normalized spacial score (nSPS) is 24.8. The highest BCUT2D eigenvalue weighted by Gasteiger charge is 2.28. The lowest BCUT2D eigenvalue weighted by molar-refractivity contribution is 0.739. The van der Waals surface area contributed by atoms with Crippen LogP contribution >= 0.6 is 35.1 Å². The number of H-pyrrole nitrogens is 1. The number of aromatic amines is 1. The Morgan fingerprint density at radius 1 is 1.53 bits per heavy atom. The smallest absolute Gasteiger partial charge is 0.251 e. The van der Waals surface area contributed by atoms with E-state index in [4.69, 9.17) is 11.6 Å². The topological polar surface area (TPSA) is 45.8 Å². The van der Waals surface area contributed by atoms with Crippen LogP contribution in [0.15, 0.2) is 10.9 Å². The summed E-state index contributed by atoms with van der Waals surface area (Å²) in [6, 6.07) is 1.47. The summed E-state index contributed by atoms with van der Waals surface area (Å²) >= 11 is 9.60. The third-order valence-electron chi connectivity index (χ3n) is 2.67. The second kappa shape index (κ2) is 6.16. The fourth-order valence-electron chi connectivity index (χ4n) is 1.89. The van der Waals surface area contributed by atoms with Crippen LogP contribution in [0.25, 0.3) is 0 Å². The highest BCUT2D eigenvalue weighted by molar-refractivity contribution is 8.06. The predicted molar refractivity (Wildman–Crippen MR) is 76.2 cm³/mol. The van der Waals surface area contributed by atoms with Gasteiger partial charge in [-0.15, -0.1) is 23.4 Å². The molecule has 17 heavy (non-hydrogen) atoms. The molecule has 1 N–H and O–H groups in total. The van der Waals surface area contributed by atoms with Crippen LogP contribution in [0.2, 0.25) is 0 Å². The van der Waals surface area contributed by atoms with Crippen LogP contribution < -0.4 is 5.56 Å². The van der Waals surface area contributed by atoms with Crippen LogP contribution in [-0.2, 0) is 5.88 Å². The van der Waals surface area contributed by atoms with Gasteiger partial charge in [0.15, 0.2) is 0 Å². The van der Waals surface area contributed by atoms with Gasteiger partial charge < -0.3 is 4.98 Å². The minimum Gasteiger partial charge on any atom is -0.310 e. The number of rotatable bonds is 3. The molecule has 1 aromatic rings. The molecule has 1 saturated heterocycles. The Labute approximate surface area is 114 Å². The molecule has 0 spiro atoms. The van der Waals surface area contributed by atoms with Crippen LogP contribution in [0.4, 0.5) is 0 Å². The molecule has 1 aliphatic rings. The first-order valence-corrected chi connectivity index (χ1v) is 8.27. The van der Waals surface area contributed by atoms with Crippen molar-refractivity contribution in [3.63, 3.8) is 0 Å². The van der Waals surface area contributed by atoms with Crippen LogP contribution in [0.1, 0.15) is 30.1 Å². The highest BCUT2D eigenvalue weighted by Crippen LogP contribution is 2.42. The molecule has 1 aromatic heterocycles. The third-order valence-corrected chi connectivity index (χ3v) is 6.20. The van der Waals surface area contributed by atoms with Crippen molar-refractivity contribution in [1.29, 1.82) is 0 Å². The number of aromatic nitrogens is 2. The molecule has 2 unspecified atom stereocenters. The van der Waals surface area contributed by atoms with Gasteiger partial charge in [0.2, 0.25) is 0 Å². The van der Waals surface area contributed by atoms with Gasteiger partial charge in [0.25, 0.3) is 5.56 Å². The first-order chi connectivity index (χ1) is 8.24. The van der Waals surface area contributed by atoms with Crippen molar-refractivity contribution < 1.29 is 0 Å². The molecule has 2 atom stereocenters. The van der Waals surface area contributed by atoms with Crippen molar-refractivity contribution in [3.05, 3.63) is 27.9 Å². The molecule has 0 saturated carbocycles. The molecule has 3 nitrogen and oxygen atoms in total. The Hall–Kier alpha value is -0.130. The summed E-state index contributed by atoms with van der Waals surface area (Å²) < 4.78 is 0. The maximum absolute atomic E-state index is 11.5. The molecule has 94 valence electrons. The summed E-state index contributed by atoms with van der Waals surface area (Å²) in [7, 11) is 0. The van der Waals surface area contributed by atoms with Gasteiger partial charge in [0.05, 0.1) is 16.8 Å². The number of halogens is 1. The molecule has 6 heteroatoms. The molecule has 1 aliphatic heterocycles. The van der Waals surface area contributed by atoms with E-state index in [2.05, 4.69) is 16.9 Å². The Morgan fingerprint density at radius 3 is 3.00 bits per heavy atom. The third kappa shape index (κ3) is 3.20. The predicted octanol–water partition coefficient (Wildman–Crippen LogP) is 2.81. The number of hydrogen-bond donors (Lipinski definition) is 1. The summed E-state index contributed by atoms with van der Waals surface area (Å²) in [6.07, 6.45) is 1.09. The molecule has 0 aromatic carbocycles. The largest absolute Gasteiger partial charge is 0.310 e. The summed E-state index contributed by atoms with van der Waals surface area (Å²) in [5.41, 5.74) is 0.563. The number of nitrogens with zero attached hydrogens (tertiary/aromatic N) is 1. The molecule has 0 amide bonds. The standard InChI is InChI=1S/C11H15ClN2OS2/c1-2-8-10(17-4-3-16-8)11-13-7(6-12)5-9(15)14-11/h5,8,10H,2-4,6H2,1H3,(H,13,14,15). The summed E-state index contributed by atoms with van der Waals surface area (Å²) in [6.45, 7) is 2.18. The zero-order valence-corrected chi connectivity index (χ0v) is 12.0. The molecule has 0 bridgehead atoms. The first-order valence-electron chi connectivity index (χ1n) is 5.64. The van der Waals surface area contributed by atoms with Gasteiger partial charge in [-0.3, -0.25) is 4.79 Å². The van der Waals surface area contributed by atoms with Crippen molar-refractivity contribution in [1.82, 2.24) is 9.97 Å². The number of nitrogens with one attached hydrogen (secondary N) is 1. The first kappa shape index (κ1) is 13.3. The van der Waals surface area contributed by atoms with Gasteiger partial charge in [0.1, 0.15) is 5.82 Å². The number of thioether (sulfide) groups is 2. The van der Waals surface area contributed by atoms with Gasteiger partial charge in [-0.1, -0.05) is 6.92 Å². The maximum atomic E-state index is 11.5. The molecule has 2 heterocycles. The van der Waals surface area contributed by atoms with Crippen molar-refractivity contribution >= 4 is 35.1 Å². The van der Waals surface area contributed by atoms with Crippen molar-refractivity contribution in [2.75, 3.05) is 11.5 Å². The lowest BCUT2D eigenvalue weighted by atomic mass is 10.2. The zero-order valence-electron chi connectivity index (χ0n) is 9.61. The fraction of sp³-hybridized carbons (Fsp3) is 0.636. The van der Waals surface area contributed by atoms with Crippen LogP contribution in [0, 0.1) is 0 Å². The van der Waals surface area contributed by atoms with E-state index in [1.807, 2.05) is 23.5 Å². The van der Waals surface area contributed by atoms with Gasteiger partial charge >= 0.3 is 0 Å². The van der Waals surface area contributed by atoms with Crippen LogP contribution in [0.3, 0.4) is 0 Å². The van der Waals surface area contributed by atoms with E-state index in [1.165, 1.54) is 11.8 Å². The molecule has 2 rings (SSSR count). The van der Waals surface area contributed by atoms with E-state index >= 15 is 0 Å². The van der Waals surface area contributed by atoms with E-state index < -0.39 is 0 Å². The molecule has 1 fully saturated rings. The Balaban J connectivity index is 2.31. The average Bonchev–Trinajstić information content (AvgIpc) is 2.37. The monoisotopic (exact) mass is 290 g/mol. The Kier molecular flexibility index (Phi) is 4.82. The lowest BCUT2D eigenvalue weighted by Gasteiger charge is -2.29. The molecular weight excluding hydrogens is 276 g/mol. The van der Waals surface area contributed by atoms with Gasteiger partial charge in [0, 0.05) is 22.8 Å². The quantitative estimate of drug-likeness (QED) is 0.870. The highest BCUT2D eigenvalue weighted by atomic mass is 35.5. The van der Waals surface area contributed by atoms with Gasteiger partial charge in [-0.2, -0.15) is 11.8 Å². The zero-order chi connectivity index (χ0) is 12.3. The van der Waals surface area contributed by atoms with E-state index in [0.717, 1.165) is 18.0 Å². The Morgan fingerprint density at radius 2 is 2.29 bits per heavy atom. The Bertz CT molecular complexity index is 438. The fourth-order valence-corrected chi connectivity index (χ4v) is 5.04. The minimum atomic E-state index is -0.100. The molecular formula is C11H15ClN2OS2. The summed E-state index contributed by atoms with van der Waals surface area (Å²) in [5, 5.41) is 0.817. The SMILES string of the molecule is CCC1SCCSC1c1nc(CCl)cc(=O)[nH]1. The van der Waals surface area contributed by atoms with Crippen molar-refractivity contribution in [2.45, 2.75) is 29.7 Å². The molecule has 0 aliphatic carbocycles. The average molecular weight is 291 g/mol. The van der Waals surface area contributed by atoms with Gasteiger partial charge in [-0.25, -0.2) is 4.98 Å². The maximum Gasteiger partial charge on any atom is 0.251 e. The van der Waals surface area contributed by atoms with Crippen LogP contribution in [0.5, 0.6) is 0 Å². The van der Waals surface area contributed by atoms with Crippen LogP contribution in [-0.4, -0.2) is 26.7 Å². The van der Waals surface area contributed by atoms with Crippen molar-refractivity contribution in [2.24, 2.45) is 0 Å². The summed E-state index contributed by atoms with van der Waals surface area (Å²) in [5.74, 6) is 3.37. The van der Waals surface area contributed by atoms with Crippen molar-refractivity contribution in [3.8, 4) is 0 Å². The van der Waals surface area contributed by atoms with E-state index in [1.54, 1.807) is 0 Å². The summed E-state index contributed by atoms with van der Waals surface area (Å²) in [4.78, 5) is 18.8. The van der Waals surface area contributed by atoms with E-state index in [9.17, 15) is 4.79 Å². The van der Waals surface area contributed by atoms with Gasteiger partial charge in [-0.05, 0) is 6.42 Å². The van der Waals surface area contributed by atoms with E-state index in [0.29, 0.717) is 10.9 Å². The number of hydrogen-bond acceptors (Lipinski definition) is 4. The minimum absolute atomic E-state index is 0.100. The second-order valence-electron chi connectivity index (χ2n) is 3.86.